The number of piperidine rings is 1. The number of likely N-dealkylation sites (N-methyl/N-ethyl adjacent to an activating group) is 1. The number of nitrogens with zero attached hydrogens (tertiary/aromatic N) is 4. The molecular formula is C20H28N4O3. The van der Waals surface area contributed by atoms with Crippen LogP contribution in [-0.2, 0) is 26.2 Å². The van der Waals surface area contributed by atoms with Crippen LogP contribution in [-0.4, -0.2) is 60.0 Å². The van der Waals surface area contributed by atoms with Crippen LogP contribution in [0, 0.1) is 12.8 Å². The van der Waals surface area contributed by atoms with Crippen molar-refractivity contribution in [3.63, 3.8) is 0 Å². The van der Waals surface area contributed by atoms with Crippen LogP contribution >= 0.6 is 0 Å². The lowest BCUT2D eigenvalue weighted by Gasteiger charge is -2.41. The fraction of sp³-hybridized carbons (Fsp3) is 0.700. The van der Waals surface area contributed by atoms with Gasteiger partial charge < -0.3 is 9.64 Å². The Morgan fingerprint density at radius 1 is 1.26 bits per heavy atom. The van der Waals surface area contributed by atoms with Gasteiger partial charge in [-0.25, -0.2) is 9.97 Å². The molecular weight excluding hydrogens is 344 g/mol. The molecule has 0 unspecified atom stereocenters. The maximum Gasteiger partial charge on any atom is 0.232 e. The molecule has 1 aromatic heterocycles. The van der Waals surface area contributed by atoms with Crippen LogP contribution in [0.2, 0.25) is 0 Å². The van der Waals surface area contributed by atoms with Crippen LogP contribution in [0.3, 0.4) is 0 Å². The van der Waals surface area contributed by atoms with E-state index in [0.29, 0.717) is 26.2 Å². The third-order valence-corrected chi connectivity index (χ3v) is 6.33. The molecule has 0 aliphatic carbocycles. The van der Waals surface area contributed by atoms with E-state index in [9.17, 15) is 9.59 Å². The number of carbonyl (C=O) groups excluding carboxylic acids is 2. The highest BCUT2D eigenvalue weighted by molar-refractivity contribution is 6.00. The zero-order valence-corrected chi connectivity index (χ0v) is 16.5. The number of ether oxygens (including phenoxy) is 1. The van der Waals surface area contributed by atoms with Crippen LogP contribution in [0.1, 0.15) is 49.7 Å². The van der Waals surface area contributed by atoms with Crippen molar-refractivity contribution in [1.82, 2.24) is 14.9 Å². The summed E-state index contributed by atoms with van der Waals surface area (Å²) in [5, 5.41) is 0. The zero-order chi connectivity index (χ0) is 19.2. The molecule has 0 aromatic carbocycles. The Morgan fingerprint density at radius 3 is 2.74 bits per heavy atom. The van der Waals surface area contributed by atoms with Crippen molar-refractivity contribution < 1.29 is 14.3 Å². The fourth-order valence-electron chi connectivity index (χ4n) is 4.54. The number of fused-ring (bicyclic) bond motifs is 1. The molecule has 4 rings (SSSR count). The van der Waals surface area contributed by atoms with Gasteiger partial charge in [-0.2, -0.15) is 0 Å². The van der Waals surface area contributed by atoms with Crippen molar-refractivity contribution in [1.29, 1.82) is 0 Å². The molecule has 7 heteroatoms. The van der Waals surface area contributed by atoms with Crippen molar-refractivity contribution in [2.24, 2.45) is 5.92 Å². The molecule has 3 aliphatic heterocycles. The minimum Gasteiger partial charge on any atom is -0.381 e. The summed E-state index contributed by atoms with van der Waals surface area (Å²) < 4.78 is 5.40. The fourth-order valence-corrected chi connectivity index (χ4v) is 4.54. The van der Waals surface area contributed by atoms with Crippen LogP contribution in [0.15, 0.2) is 0 Å². The van der Waals surface area contributed by atoms with Crippen LogP contribution in [0.25, 0.3) is 0 Å². The molecule has 1 atom stereocenters. The van der Waals surface area contributed by atoms with Crippen molar-refractivity contribution in [3.8, 4) is 0 Å². The van der Waals surface area contributed by atoms with Crippen molar-refractivity contribution in [2.45, 2.75) is 51.4 Å². The summed E-state index contributed by atoms with van der Waals surface area (Å²) in [6, 6.07) is 0. The number of hydrogen-bond acceptors (Lipinski definition) is 5. The first-order chi connectivity index (χ1) is 12.9. The maximum absolute atomic E-state index is 13.0. The molecule has 2 amide bonds. The van der Waals surface area contributed by atoms with Gasteiger partial charge in [-0.3, -0.25) is 14.5 Å². The van der Waals surface area contributed by atoms with Crippen molar-refractivity contribution in [2.75, 3.05) is 38.3 Å². The Morgan fingerprint density at radius 2 is 2.00 bits per heavy atom. The zero-order valence-electron chi connectivity index (χ0n) is 16.5. The number of aryl methyl sites for hydroxylation is 1. The summed E-state index contributed by atoms with van der Waals surface area (Å²) >= 11 is 0. The first-order valence-corrected chi connectivity index (χ1v) is 9.90. The second kappa shape index (κ2) is 6.86. The molecule has 3 aliphatic rings. The number of likely N-dealkylation sites (tertiary alicyclic amines) is 1. The van der Waals surface area contributed by atoms with E-state index in [1.54, 1.807) is 11.9 Å². The normalized spacial score (nSPS) is 26.4. The molecule has 2 fully saturated rings. The minimum absolute atomic E-state index is 0.0599. The van der Waals surface area contributed by atoms with Crippen molar-refractivity contribution in [3.05, 3.63) is 17.1 Å². The smallest absolute Gasteiger partial charge is 0.232 e. The molecule has 0 bridgehead atoms. The quantitative estimate of drug-likeness (QED) is 0.788. The van der Waals surface area contributed by atoms with Crippen LogP contribution in [0.5, 0.6) is 0 Å². The van der Waals surface area contributed by atoms with Gasteiger partial charge >= 0.3 is 0 Å². The molecule has 0 spiro atoms. The van der Waals surface area contributed by atoms with Gasteiger partial charge in [0.25, 0.3) is 0 Å². The molecule has 1 aromatic rings. The molecule has 146 valence electrons. The van der Waals surface area contributed by atoms with Gasteiger partial charge in [0, 0.05) is 55.9 Å². The lowest BCUT2D eigenvalue weighted by Crippen LogP contribution is -2.50. The second-order valence-corrected chi connectivity index (χ2v) is 8.37. The highest BCUT2D eigenvalue weighted by Gasteiger charge is 2.40. The first kappa shape index (κ1) is 18.3. The Labute approximate surface area is 160 Å². The number of anilines is 1. The minimum atomic E-state index is -0.286. The first-order valence-electron chi connectivity index (χ1n) is 9.90. The Bertz CT molecular complexity index is 775. The van der Waals surface area contributed by atoms with Gasteiger partial charge in [-0.1, -0.05) is 6.92 Å². The monoisotopic (exact) mass is 372 g/mol. The summed E-state index contributed by atoms with van der Waals surface area (Å²) in [5.74, 6) is 1.87. The predicted octanol–water partition coefficient (Wildman–Crippen LogP) is 1.61. The summed E-state index contributed by atoms with van der Waals surface area (Å²) in [6.45, 7) is 6.89. The highest BCUT2D eigenvalue weighted by atomic mass is 16.5. The highest BCUT2D eigenvalue weighted by Crippen LogP contribution is 2.36. The van der Waals surface area contributed by atoms with Crippen LogP contribution in [0.4, 0.5) is 5.82 Å². The van der Waals surface area contributed by atoms with E-state index in [4.69, 9.17) is 14.7 Å². The van der Waals surface area contributed by atoms with Gasteiger partial charge in [0.05, 0.1) is 6.42 Å². The third-order valence-electron chi connectivity index (χ3n) is 6.33. The van der Waals surface area contributed by atoms with E-state index in [-0.39, 0.29) is 23.1 Å². The van der Waals surface area contributed by atoms with E-state index in [1.807, 2.05) is 11.8 Å². The molecule has 0 saturated carbocycles. The van der Waals surface area contributed by atoms with E-state index in [0.717, 1.165) is 55.1 Å². The molecule has 0 N–H and O–H groups in total. The van der Waals surface area contributed by atoms with Crippen LogP contribution < -0.4 is 4.90 Å². The van der Waals surface area contributed by atoms with Gasteiger partial charge in [0.15, 0.2) is 0 Å². The van der Waals surface area contributed by atoms with Gasteiger partial charge in [0.1, 0.15) is 11.6 Å². The molecule has 4 heterocycles. The van der Waals surface area contributed by atoms with E-state index >= 15 is 0 Å². The molecule has 2 saturated heterocycles. The van der Waals surface area contributed by atoms with Gasteiger partial charge in [0.2, 0.25) is 11.8 Å². The van der Waals surface area contributed by atoms with Gasteiger partial charge in [-0.15, -0.1) is 0 Å². The largest absolute Gasteiger partial charge is 0.381 e. The second-order valence-electron chi connectivity index (χ2n) is 8.37. The SMILES string of the molecule is Cc1nc([C@]2(C)CCCN(C(=O)C3CCOCC3)C2)nc2c1CC(=O)N2C. The number of rotatable bonds is 2. The Hall–Kier alpha value is -2.02. The lowest BCUT2D eigenvalue weighted by atomic mass is 9.80. The summed E-state index contributed by atoms with van der Waals surface area (Å²) in [4.78, 5) is 38.2. The Balaban J connectivity index is 1.59. The Kier molecular flexibility index (Phi) is 4.66. The number of hydrogen-bond donors (Lipinski definition) is 0. The van der Waals surface area contributed by atoms with E-state index < -0.39 is 0 Å². The topological polar surface area (TPSA) is 75.6 Å². The average Bonchev–Trinajstić information content (AvgIpc) is 2.97. The number of carbonyl (C=O) groups is 2. The maximum atomic E-state index is 13.0. The molecule has 27 heavy (non-hydrogen) atoms. The number of aromatic nitrogens is 2. The summed E-state index contributed by atoms with van der Waals surface area (Å²) in [7, 11) is 1.77. The summed E-state index contributed by atoms with van der Waals surface area (Å²) in [5.41, 5.74) is 1.52. The van der Waals surface area contributed by atoms with E-state index in [2.05, 4.69) is 6.92 Å². The number of amides is 2. The molecule has 0 radical (unpaired) electrons. The summed E-state index contributed by atoms with van der Waals surface area (Å²) in [6.07, 6.45) is 3.89. The van der Waals surface area contributed by atoms with Crippen molar-refractivity contribution >= 4 is 17.6 Å². The lowest BCUT2D eigenvalue weighted by molar-refractivity contribution is -0.140. The van der Waals surface area contributed by atoms with E-state index in [1.165, 1.54) is 0 Å². The molecule has 7 nitrogen and oxygen atoms in total. The predicted molar refractivity (Wildman–Crippen MR) is 101 cm³/mol. The van der Waals surface area contributed by atoms with Gasteiger partial charge in [-0.05, 0) is 32.6 Å². The third kappa shape index (κ3) is 3.22. The standard InChI is InChI=1S/C20H28N4O3/c1-13-15-11-16(25)23(3)17(15)22-19(21-13)20(2)7-4-8-24(12-20)18(26)14-5-9-27-10-6-14/h14H,4-12H2,1-3H3/t20-/m1/s1. The average molecular weight is 372 g/mol.